The van der Waals surface area contributed by atoms with Crippen LogP contribution in [0.25, 0.3) is 0 Å². The average molecular weight is 418 g/mol. The van der Waals surface area contributed by atoms with Crippen molar-refractivity contribution in [3.8, 4) is 0 Å². The lowest BCUT2D eigenvalue weighted by Gasteiger charge is -2.29. The molecule has 0 radical (unpaired) electrons. The van der Waals surface area contributed by atoms with Gasteiger partial charge in [0.15, 0.2) is 0 Å². The van der Waals surface area contributed by atoms with Crippen LogP contribution in [0, 0.1) is 19.3 Å². The van der Waals surface area contributed by atoms with E-state index in [1.54, 1.807) is 43.3 Å². The summed E-state index contributed by atoms with van der Waals surface area (Å²) >= 11 is 0. The summed E-state index contributed by atoms with van der Waals surface area (Å²) in [5.74, 6) is -1.05. The quantitative estimate of drug-likeness (QED) is 0.723. The molecule has 31 heavy (non-hydrogen) atoms. The lowest BCUT2D eigenvalue weighted by molar-refractivity contribution is -0.149. The summed E-state index contributed by atoms with van der Waals surface area (Å²) in [6.07, 6.45) is 3.57. The molecule has 2 N–H and O–H groups in total. The molecule has 6 heteroatoms. The number of methoxy groups -OCH3 is 1. The molecule has 0 saturated carbocycles. The van der Waals surface area contributed by atoms with Crippen LogP contribution in [0.5, 0.6) is 0 Å². The highest BCUT2D eigenvalue weighted by Gasteiger charge is 2.36. The summed E-state index contributed by atoms with van der Waals surface area (Å²) in [6.45, 7) is 5.60. The summed E-state index contributed by atoms with van der Waals surface area (Å²) in [5, 5.41) is 5.69. The minimum absolute atomic E-state index is 0.237. The number of carbonyl (C=O) groups excluding carboxylic acids is 3. The molecule has 0 aliphatic heterocycles. The molecule has 2 aromatic rings. The van der Waals surface area contributed by atoms with E-state index in [0.29, 0.717) is 22.5 Å². The normalized spacial score (nSPS) is 17.8. The van der Waals surface area contributed by atoms with Gasteiger partial charge in [0.25, 0.3) is 11.8 Å². The van der Waals surface area contributed by atoms with Crippen LogP contribution in [0.1, 0.15) is 45.2 Å². The first-order valence-electron chi connectivity index (χ1n) is 9.98. The van der Waals surface area contributed by atoms with Crippen LogP contribution in [-0.2, 0) is 9.53 Å². The van der Waals surface area contributed by atoms with Crippen molar-refractivity contribution in [2.45, 2.75) is 27.2 Å². The molecule has 0 saturated heterocycles. The summed E-state index contributed by atoms with van der Waals surface area (Å²) in [7, 11) is 1.31. The number of amides is 2. The van der Waals surface area contributed by atoms with Gasteiger partial charge in [-0.3, -0.25) is 14.4 Å². The number of hydrogen-bond donors (Lipinski definition) is 2. The Bertz CT molecular complexity index is 1070. The third-order valence-electron chi connectivity index (χ3n) is 5.17. The fraction of sp³-hybridized carbons (Fsp3) is 0.240. The van der Waals surface area contributed by atoms with E-state index in [4.69, 9.17) is 4.74 Å². The van der Waals surface area contributed by atoms with Crippen LogP contribution < -0.4 is 10.6 Å². The van der Waals surface area contributed by atoms with Gasteiger partial charge in [0.2, 0.25) is 0 Å². The van der Waals surface area contributed by atoms with Crippen LogP contribution in [-0.4, -0.2) is 24.9 Å². The van der Waals surface area contributed by atoms with Gasteiger partial charge >= 0.3 is 5.97 Å². The molecule has 1 aliphatic rings. The van der Waals surface area contributed by atoms with Gasteiger partial charge in [0, 0.05) is 28.9 Å². The van der Waals surface area contributed by atoms with Crippen molar-refractivity contribution in [3.63, 3.8) is 0 Å². The zero-order chi connectivity index (χ0) is 22.6. The Hall–Kier alpha value is -3.67. The minimum atomic E-state index is -1.03. The third kappa shape index (κ3) is 5.28. The predicted octanol–water partition coefficient (Wildman–Crippen LogP) is 3.81. The monoisotopic (exact) mass is 418 g/mol. The largest absolute Gasteiger partial charge is 0.468 e. The Morgan fingerprint density at radius 3 is 1.81 bits per heavy atom. The smallest absolute Gasteiger partial charge is 0.315 e. The fourth-order valence-electron chi connectivity index (χ4n) is 3.42. The number of esters is 1. The van der Waals surface area contributed by atoms with E-state index >= 15 is 0 Å². The standard InChI is InChI=1S/C25H26N2O4/c1-16-5-9-18(10-6-16)22(28)26-20-13-21(15-25(3,14-20)24(30)31-4)27-23(29)19-11-7-17(2)8-12-19/h5-14H,15H2,1-4H3,(H,26,28)(H,27,29). The SMILES string of the molecule is COC(=O)C1(C)C=C(NC(=O)c2ccc(C)cc2)C=C(NC(=O)c2ccc(C)cc2)C1. The van der Waals surface area contributed by atoms with Crippen molar-refractivity contribution in [1.82, 2.24) is 10.6 Å². The van der Waals surface area contributed by atoms with Crippen molar-refractivity contribution >= 4 is 17.8 Å². The number of hydrogen-bond acceptors (Lipinski definition) is 4. The predicted molar refractivity (Wildman–Crippen MR) is 118 cm³/mol. The maximum Gasteiger partial charge on any atom is 0.315 e. The van der Waals surface area contributed by atoms with Crippen molar-refractivity contribution in [2.75, 3.05) is 7.11 Å². The number of aryl methyl sites for hydroxylation is 2. The molecule has 6 nitrogen and oxygen atoms in total. The lowest BCUT2D eigenvalue weighted by Crippen LogP contribution is -2.37. The average Bonchev–Trinajstić information content (AvgIpc) is 2.73. The molecule has 160 valence electrons. The van der Waals surface area contributed by atoms with Crippen molar-refractivity contribution in [2.24, 2.45) is 5.41 Å². The first-order chi connectivity index (χ1) is 14.7. The molecule has 1 atom stereocenters. The van der Waals surface area contributed by atoms with Gasteiger partial charge in [-0.2, -0.15) is 0 Å². The Kier molecular flexibility index (Phi) is 6.39. The highest BCUT2D eigenvalue weighted by atomic mass is 16.5. The fourth-order valence-corrected chi connectivity index (χ4v) is 3.42. The van der Waals surface area contributed by atoms with Gasteiger partial charge < -0.3 is 15.4 Å². The number of rotatable bonds is 5. The van der Waals surface area contributed by atoms with Gasteiger partial charge in [0.05, 0.1) is 12.5 Å². The summed E-state index contributed by atoms with van der Waals surface area (Å²) in [6, 6.07) is 14.4. The zero-order valence-electron chi connectivity index (χ0n) is 18.1. The summed E-state index contributed by atoms with van der Waals surface area (Å²) in [4.78, 5) is 37.8. The summed E-state index contributed by atoms with van der Waals surface area (Å²) in [5.41, 5.74) is 3.00. The Morgan fingerprint density at radius 2 is 1.32 bits per heavy atom. The topological polar surface area (TPSA) is 84.5 Å². The van der Waals surface area contributed by atoms with Crippen LogP contribution in [0.3, 0.4) is 0 Å². The second-order valence-electron chi connectivity index (χ2n) is 8.00. The Labute approximate surface area is 182 Å². The highest BCUT2D eigenvalue weighted by Crippen LogP contribution is 2.33. The van der Waals surface area contributed by atoms with Crippen molar-refractivity contribution < 1.29 is 19.1 Å². The maximum atomic E-state index is 12.7. The number of benzene rings is 2. The minimum Gasteiger partial charge on any atom is -0.468 e. The molecular weight excluding hydrogens is 392 g/mol. The molecule has 0 fully saturated rings. The molecule has 2 amide bonds. The van der Waals surface area contributed by atoms with Gasteiger partial charge in [-0.15, -0.1) is 0 Å². The molecular formula is C25H26N2O4. The van der Waals surface area contributed by atoms with Crippen LogP contribution >= 0.6 is 0 Å². The number of allylic oxidation sites excluding steroid dienone is 2. The van der Waals surface area contributed by atoms with Crippen LogP contribution in [0.4, 0.5) is 0 Å². The second kappa shape index (κ2) is 9.00. The second-order valence-corrected chi connectivity index (χ2v) is 8.00. The van der Waals surface area contributed by atoms with Gasteiger partial charge in [-0.1, -0.05) is 35.4 Å². The first-order valence-corrected chi connectivity index (χ1v) is 9.98. The lowest BCUT2D eigenvalue weighted by atomic mass is 9.81. The van der Waals surface area contributed by atoms with Gasteiger partial charge in [-0.05, 0) is 57.2 Å². The van der Waals surface area contributed by atoms with Gasteiger partial charge in [-0.25, -0.2) is 0 Å². The molecule has 0 aromatic heterocycles. The number of nitrogens with one attached hydrogen (secondary N) is 2. The molecule has 0 bridgehead atoms. The molecule has 0 spiro atoms. The zero-order valence-corrected chi connectivity index (χ0v) is 18.1. The first kappa shape index (κ1) is 22.0. The molecule has 3 rings (SSSR count). The maximum absolute atomic E-state index is 12.7. The highest BCUT2D eigenvalue weighted by molar-refractivity contribution is 5.97. The van der Waals surface area contributed by atoms with Crippen molar-refractivity contribution in [3.05, 3.63) is 94.3 Å². The van der Waals surface area contributed by atoms with Gasteiger partial charge in [0.1, 0.15) is 0 Å². The van der Waals surface area contributed by atoms with E-state index in [0.717, 1.165) is 11.1 Å². The Morgan fingerprint density at radius 1 is 0.839 bits per heavy atom. The third-order valence-corrected chi connectivity index (χ3v) is 5.17. The molecule has 2 aromatic carbocycles. The van der Waals surface area contributed by atoms with E-state index < -0.39 is 11.4 Å². The van der Waals surface area contributed by atoms with Crippen molar-refractivity contribution in [1.29, 1.82) is 0 Å². The molecule has 1 unspecified atom stereocenters. The van der Waals surface area contributed by atoms with Crippen LogP contribution in [0.2, 0.25) is 0 Å². The van der Waals surface area contributed by atoms with E-state index in [2.05, 4.69) is 10.6 Å². The van der Waals surface area contributed by atoms with Crippen LogP contribution in [0.15, 0.2) is 72.1 Å². The van der Waals surface area contributed by atoms with E-state index in [1.165, 1.54) is 7.11 Å². The Balaban J connectivity index is 1.85. The molecule has 1 aliphatic carbocycles. The molecule has 0 heterocycles. The van der Waals surface area contributed by atoms with E-state index in [9.17, 15) is 14.4 Å². The van der Waals surface area contributed by atoms with E-state index in [-0.39, 0.29) is 18.2 Å². The number of ether oxygens (including phenoxy) is 1. The summed E-state index contributed by atoms with van der Waals surface area (Å²) < 4.78 is 4.96. The number of carbonyl (C=O) groups is 3. The van der Waals surface area contributed by atoms with E-state index in [1.807, 2.05) is 38.1 Å².